The van der Waals surface area contributed by atoms with E-state index in [1.54, 1.807) is 6.92 Å². The lowest BCUT2D eigenvalue weighted by Gasteiger charge is -2.11. The third kappa shape index (κ3) is 10.1. The van der Waals surface area contributed by atoms with Crippen LogP contribution in [0.5, 0.6) is 5.75 Å². The largest absolute Gasteiger partial charge is 0.459 e. The van der Waals surface area contributed by atoms with E-state index in [2.05, 4.69) is 4.98 Å². The van der Waals surface area contributed by atoms with Crippen LogP contribution in [0.4, 0.5) is 5.69 Å². The van der Waals surface area contributed by atoms with Gasteiger partial charge in [-0.05, 0) is 38.8 Å². The van der Waals surface area contributed by atoms with Crippen LogP contribution < -0.4 is 4.74 Å². The first kappa shape index (κ1) is 26.5. The summed E-state index contributed by atoms with van der Waals surface area (Å²) in [7, 11) is 0. The SMILES string of the molecule is C/C=C\C(=C/C)c1ncc([N+](=O)[O-])cc1O/C(C)=C/C=C\CC.CC.CC. The Balaban J connectivity index is 0. The summed E-state index contributed by atoms with van der Waals surface area (Å²) in [5, 5.41) is 11.0. The minimum absolute atomic E-state index is 0.100. The van der Waals surface area contributed by atoms with Crippen LogP contribution in [0.1, 0.15) is 67.5 Å². The molecule has 0 fully saturated rings. The second kappa shape index (κ2) is 16.8. The molecule has 0 radical (unpaired) electrons. The molecule has 0 aliphatic heterocycles. The molecule has 0 unspecified atom stereocenters. The number of allylic oxidation sites excluding steroid dienone is 8. The number of pyridine rings is 1. The average molecular weight is 375 g/mol. The highest BCUT2D eigenvalue weighted by Crippen LogP contribution is 2.30. The Bertz CT molecular complexity index is 672. The van der Waals surface area contributed by atoms with Gasteiger partial charge >= 0.3 is 0 Å². The standard InChI is InChI=1S/C18H22N2O3.2C2H6/c1-5-8-9-11-14(4)23-17-12-16(20(21)22)13-19-18(17)15(7-3)10-6-2;2*1-2/h6-13H,5H2,1-4H3;2*1-2H3/b9-8-,10-6-,14-11+,15-7+;;. The van der Waals surface area contributed by atoms with E-state index in [4.69, 9.17) is 4.74 Å². The molecule has 1 aromatic heterocycles. The van der Waals surface area contributed by atoms with E-state index in [0.717, 1.165) is 12.0 Å². The van der Waals surface area contributed by atoms with E-state index in [-0.39, 0.29) is 5.69 Å². The molecule has 0 N–H and O–H groups in total. The van der Waals surface area contributed by atoms with Crippen LogP contribution in [0.25, 0.3) is 5.57 Å². The molecule has 1 heterocycles. The summed E-state index contributed by atoms with van der Waals surface area (Å²) in [4.78, 5) is 14.7. The van der Waals surface area contributed by atoms with Crippen molar-refractivity contribution in [2.75, 3.05) is 0 Å². The van der Waals surface area contributed by atoms with Gasteiger partial charge in [0.15, 0.2) is 5.75 Å². The van der Waals surface area contributed by atoms with Crippen molar-refractivity contribution >= 4 is 11.3 Å². The van der Waals surface area contributed by atoms with Crippen LogP contribution >= 0.6 is 0 Å². The molecule has 1 rings (SSSR count). The van der Waals surface area contributed by atoms with Gasteiger partial charge in [0, 0.05) is 0 Å². The highest BCUT2D eigenvalue weighted by Gasteiger charge is 2.15. The summed E-state index contributed by atoms with van der Waals surface area (Å²) >= 11 is 0. The lowest BCUT2D eigenvalue weighted by molar-refractivity contribution is -0.385. The maximum atomic E-state index is 11.0. The number of hydrogen-bond acceptors (Lipinski definition) is 4. The molecule has 27 heavy (non-hydrogen) atoms. The van der Waals surface area contributed by atoms with Gasteiger partial charge in [-0.2, -0.15) is 0 Å². The third-order valence-corrected chi connectivity index (χ3v) is 2.95. The lowest BCUT2D eigenvalue weighted by Crippen LogP contribution is -2.00. The van der Waals surface area contributed by atoms with Crippen LogP contribution in [-0.2, 0) is 0 Å². The molecular weight excluding hydrogens is 340 g/mol. The van der Waals surface area contributed by atoms with E-state index >= 15 is 0 Å². The predicted molar refractivity (Wildman–Crippen MR) is 116 cm³/mol. The Morgan fingerprint density at radius 3 is 2.37 bits per heavy atom. The Kier molecular flexibility index (Phi) is 16.5. The maximum Gasteiger partial charge on any atom is 0.291 e. The number of aromatic nitrogens is 1. The molecule has 0 aliphatic carbocycles. The molecule has 5 heteroatoms. The zero-order chi connectivity index (χ0) is 21.2. The van der Waals surface area contributed by atoms with Gasteiger partial charge < -0.3 is 4.74 Å². The summed E-state index contributed by atoms with van der Waals surface area (Å²) in [5.41, 5.74) is 1.31. The van der Waals surface area contributed by atoms with Crippen molar-refractivity contribution in [1.29, 1.82) is 0 Å². The van der Waals surface area contributed by atoms with Crippen molar-refractivity contribution < 1.29 is 9.66 Å². The predicted octanol–water partition coefficient (Wildman–Crippen LogP) is 7.27. The van der Waals surface area contributed by atoms with Crippen molar-refractivity contribution in [2.24, 2.45) is 0 Å². The fourth-order valence-corrected chi connectivity index (χ4v) is 1.87. The summed E-state index contributed by atoms with van der Waals surface area (Å²) in [5.74, 6) is 0.998. The highest BCUT2D eigenvalue weighted by atomic mass is 16.6. The summed E-state index contributed by atoms with van der Waals surface area (Å²) < 4.78 is 5.78. The fourth-order valence-electron chi connectivity index (χ4n) is 1.87. The summed E-state index contributed by atoms with van der Waals surface area (Å²) in [6.07, 6.45) is 13.5. The monoisotopic (exact) mass is 374 g/mol. The molecular formula is C22H34N2O3. The number of nitrogens with zero attached hydrogens (tertiary/aromatic N) is 2. The normalized spacial score (nSPS) is 11.6. The quantitative estimate of drug-likeness (QED) is 0.218. The van der Waals surface area contributed by atoms with Gasteiger partial charge in [-0.1, -0.05) is 65.0 Å². The molecule has 0 aromatic carbocycles. The van der Waals surface area contributed by atoms with Crippen LogP contribution in [0, 0.1) is 10.1 Å². The topological polar surface area (TPSA) is 65.3 Å². The molecule has 5 nitrogen and oxygen atoms in total. The second-order valence-electron chi connectivity index (χ2n) is 4.76. The number of hydrogen-bond donors (Lipinski definition) is 0. The van der Waals surface area contributed by atoms with Crippen LogP contribution in [-0.4, -0.2) is 9.91 Å². The molecule has 0 spiro atoms. The van der Waals surface area contributed by atoms with Gasteiger partial charge in [0.25, 0.3) is 5.69 Å². The molecule has 1 aromatic rings. The molecule has 0 saturated heterocycles. The molecule has 0 bridgehead atoms. The van der Waals surface area contributed by atoms with Gasteiger partial charge in [0.1, 0.15) is 17.6 Å². The van der Waals surface area contributed by atoms with Crippen molar-refractivity contribution in [2.45, 2.75) is 61.8 Å². The van der Waals surface area contributed by atoms with Gasteiger partial charge in [-0.25, -0.2) is 4.98 Å². The zero-order valence-corrected chi connectivity index (χ0v) is 17.9. The Hall–Kier alpha value is -2.69. The van der Waals surface area contributed by atoms with E-state index in [0.29, 0.717) is 17.2 Å². The number of ether oxygens (including phenoxy) is 1. The minimum atomic E-state index is -0.481. The van der Waals surface area contributed by atoms with Crippen molar-refractivity contribution in [1.82, 2.24) is 4.98 Å². The van der Waals surface area contributed by atoms with Crippen molar-refractivity contribution in [3.63, 3.8) is 0 Å². The Morgan fingerprint density at radius 2 is 1.89 bits per heavy atom. The molecule has 0 amide bonds. The van der Waals surface area contributed by atoms with Gasteiger partial charge in [-0.15, -0.1) is 0 Å². The molecule has 0 atom stereocenters. The zero-order valence-electron chi connectivity index (χ0n) is 17.9. The van der Waals surface area contributed by atoms with Crippen LogP contribution in [0.2, 0.25) is 0 Å². The second-order valence-corrected chi connectivity index (χ2v) is 4.76. The molecule has 0 aliphatic rings. The van der Waals surface area contributed by atoms with Crippen molar-refractivity contribution in [3.8, 4) is 5.75 Å². The van der Waals surface area contributed by atoms with Gasteiger partial charge in [0.2, 0.25) is 0 Å². The maximum absolute atomic E-state index is 11.0. The van der Waals surface area contributed by atoms with Gasteiger partial charge in [-0.3, -0.25) is 10.1 Å². The fraction of sp³-hybridized carbons (Fsp3) is 0.409. The van der Waals surface area contributed by atoms with E-state index in [1.165, 1.54) is 12.3 Å². The first-order valence-electron chi connectivity index (χ1n) is 9.48. The Labute approximate surface area is 164 Å². The van der Waals surface area contributed by atoms with Gasteiger partial charge in [0.05, 0.1) is 11.0 Å². The Morgan fingerprint density at radius 1 is 1.26 bits per heavy atom. The van der Waals surface area contributed by atoms with Crippen molar-refractivity contribution in [3.05, 3.63) is 70.3 Å². The lowest BCUT2D eigenvalue weighted by atomic mass is 10.1. The molecule has 0 saturated carbocycles. The average Bonchev–Trinajstić information content (AvgIpc) is 2.69. The van der Waals surface area contributed by atoms with Crippen LogP contribution in [0.15, 0.2) is 54.5 Å². The smallest absolute Gasteiger partial charge is 0.291 e. The van der Waals surface area contributed by atoms with Crippen LogP contribution in [0.3, 0.4) is 0 Å². The third-order valence-electron chi connectivity index (χ3n) is 2.95. The summed E-state index contributed by atoms with van der Waals surface area (Å²) in [6.45, 7) is 15.6. The first-order chi connectivity index (χ1) is 13.0. The minimum Gasteiger partial charge on any atom is -0.459 e. The summed E-state index contributed by atoms with van der Waals surface area (Å²) in [6, 6.07) is 1.40. The van der Waals surface area contributed by atoms with E-state index in [9.17, 15) is 10.1 Å². The van der Waals surface area contributed by atoms with E-state index < -0.39 is 4.92 Å². The first-order valence-corrected chi connectivity index (χ1v) is 9.48. The highest BCUT2D eigenvalue weighted by molar-refractivity contribution is 5.75. The number of rotatable bonds is 7. The number of nitro groups is 1. The van der Waals surface area contributed by atoms with E-state index in [1.807, 2.05) is 84.9 Å². The molecule has 150 valence electrons.